The molecule has 3 N–H and O–H groups in total. The number of fused-ring (bicyclic) bond motifs is 1. The summed E-state index contributed by atoms with van der Waals surface area (Å²) >= 11 is 0. The van der Waals surface area contributed by atoms with Gasteiger partial charge in [-0.1, -0.05) is 6.07 Å². The largest absolute Gasteiger partial charge is 0.493 e. The number of hydrogen-bond acceptors (Lipinski definition) is 3. The first kappa shape index (κ1) is 11.6. The second-order valence-electron chi connectivity index (χ2n) is 4.02. The van der Waals surface area contributed by atoms with Gasteiger partial charge in [0.1, 0.15) is 5.75 Å². The summed E-state index contributed by atoms with van der Waals surface area (Å²) in [6.45, 7) is 1.07. The van der Waals surface area contributed by atoms with Crippen LogP contribution in [0.25, 0.3) is 0 Å². The maximum absolute atomic E-state index is 10.5. The Hall–Kier alpha value is -1.91. The molecule has 5 heteroatoms. The highest BCUT2D eigenvalue weighted by atomic mass is 16.5. The number of carbonyl (C=O) groups is 1. The number of amides is 1. The van der Waals surface area contributed by atoms with Gasteiger partial charge in [0.2, 0.25) is 0 Å². The van der Waals surface area contributed by atoms with Crippen molar-refractivity contribution in [2.45, 2.75) is 12.3 Å². The van der Waals surface area contributed by atoms with E-state index in [9.17, 15) is 4.79 Å². The molecular weight excluding hydrogens is 220 g/mol. The van der Waals surface area contributed by atoms with Crippen LogP contribution in [0.5, 0.6) is 5.75 Å². The van der Waals surface area contributed by atoms with E-state index >= 15 is 0 Å². The van der Waals surface area contributed by atoms with Gasteiger partial charge in [0.15, 0.2) is 0 Å². The lowest BCUT2D eigenvalue weighted by Crippen LogP contribution is -2.29. The minimum atomic E-state index is -0.982. The molecule has 0 aliphatic carbocycles. The van der Waals surface area contributed by atoms with Crippen molar-refractivity contribution in [3.05, 3.63) is 23.8 Å². The molecule has 0 bridgehead atoms. The van der Waals surface area contributed by atoms with E-state index in [1.807, 2.05) is 25.2 Å². The molecule has 2 rings (SSSR count). The third-order valence-electron chi connectivity index (χ3n) is 2.97. The van der Waals surface area contributed by atoms with Crippen LogP contribution in [0.3, 0.4) is 0 Å². The van der Waals surface area contributed by atoms with Crippen molar-refractivity contribution in [1.82, 2.24) is 5.32 Å². The maximum atomic E-state index is 10.5. The highest BCUT2D eigenvalue weighted by Crippen LogP contribution is 2.35. The van der Waals surface area contributed by atoms with Gasteiger partial charge in [0, 0.05) is 31.3 Å². The molecule has 0 unspecified atom stereocenters. The van der Waals surface area contributed by atoms with E-state index in [2.05, 4.69) is 10.6 Å². The lowest BCUT2D eigenvalue weighted by atomic mass is 9.93. The van der Waals surface area contributed by atoms with Crippen LogP contribution in [0.1, 0.15) is 17.9 Å². The summed E-state index contributed by atoms with van der Waals surface area (Å²) in [5.41, 5.74) is 2.07. The van der Waals surface area contributed by atoms with Crippen LogP contribution in [0, 0.1) is 0 Å². The van der Waals surface area contributed by atoms with E-state index in [1.165, 1.54) is 0 Å². The van der Waals surface area contributed by atoms with Gasteiger partial charge in [-0.15, -0.1) is 0 Å². The fraction of sp³-hybridized carbons (Fsp3) is 0.417. The van der Waals surface area contributed by atoms with Gasteiger partial charge in [-0.25, -0.2) is 4.79 Å². The molecule has 92 valence electrons. The molecule has 1 amide bonds. The first-order valence-corrected chi connectivity index (χ1v) is 5.62. The second kappa shape index (κ2) is 4.95. The lowest BCUT2D eigenvalue weighted by molar-refractivity contribution is 0.191. The highest BCUT2D eigenvalue weighted by molar-refractivity contribution is 5.64. The third-order valence-corrected chi connectivity index (χ3v) is 2.97. The van der Waals surface area contributed by atoms with Crippen LogP contribution in [0.2, 0.25) is 0 Å². The second-order valence-corrected chi connectivity index (χ2v) is 4.02. The van der Waals surface area contributed by atoms with Gasteiger partial charge in [-0.3, -0.25) is 0 Å². The summed E-state index contributed by atoms with van der Waals surface area (Å²) in [5, 5.41) is 14.1. The fourth-order valence-electron chi connectivity index (χ4n) is 2.04. The maximum Gasteiger partial charge on any atom is 0.404 e. The monoisotopic (exact) mass is 236 g/mol. The molecule has 5 nitrogen and oxygen atoms in total. The third kappa shape index (κ3) is 2.61. The molecule has 17 heavy (non-hydrogen) atoms. The molecule has 0 fully saturated rings. The Morgan fingerprint density at radius 1 is 1.59 bits per heavy atom. The molecule has 1 aliphatic heterocycles. The molecule has 0 radical (unpaired) electrons. The van der Waals surface area contributed by atoms with Gasteiger partial charge in [-0.2, -0.15) is 0 Å². The minimum absolute atomic E-state index is 0.195. The average Bonchev–Trinajstić information content (AvgIpc) is 2.35. The van der Waals surface area contributed by atoms with E-state index in [4.69, 9.17) is 9.84 Å². The molecule has 0 aromatic heterocycles. The van der Waals surface area contributed by atoms with Gasteiger partial charge in [0.25, 0.3) is 0 Å². The van der Waals surface area contributed by atoms with Crippen molar-refractivity contribution in [1.29, 1.82) is 0 Å². The van der Waals surface area contributed by atoms with Crippen LogP contribution in [0.4, 0.5) is 10.5 Å². The van der Waals surface area contributed by atoms with Crippen molar-refractivity contribution in [2.75, 3.05) is 25.5 Å². The van der Waals surface area contributed by atoms with Crippen molar-refractivity contribution in [3.63, 3.8) is 0 Å². The Kier molecular flexibility index (Phi) is 3.37. The highest BCUT2D eigenvalue weighted by Gasteiger charge is 2.21. The quantitative estimate of drug-likeness (QED) is 0.749. The zero-order valence-corrected chi connectivity index (χ0v) is 9.69. The first-order valence-electron chi connectivity index (χ1n) is 5.62. The van der Waals surface area contributed by atoms with Crippen LogP contribution in [-0.2, 0) is 0 Å². The zero-order chi connectivity index (χ0) is 12.3. The Labute approximate surface area is 99.8 Å². The van der Waals surface area contributed by atoms with Crippen molar-refractivity contribution < 1.29 is 14.6 Å². The molecule has 1 heterocycles. The van der Waals surface area contributed by atoms with E-state index in [0.717, 1.165) is 23.4 Å². The summed E-state index contributed by atoms with van der Waals surface area (Å²) in [6.07, 6.45) is -0.142. The topological polar surface area (TPSA) is 70.6 Å². The molecule has 1 atom stereocenters. The fourth-order valence-corrected chi connectivity index (χ4v) is 2.04. The minimum Gasteiger partial charge on any atom is -0.493 e. The zero-order valence-electron chi connectivity index (χ0n) is 9.69. The molecule has 0 saturated carbocycles. The number of rotatable bonds is 3. The molecule has 0 spiro atoms. The van der Waals surface area contributed by atoms with Crippen molar-refractivity contribution in [3.8, 4) is 5.75 Å². The van der Waals surface area contributed by atoms with E-state index in [0.29, 0.717) is 13.2 Å². The number of hydrogen-bond donors (Lipinski definition) is 3. The van der Waals surface area contributed by atoms with E-state index in [1.54, 1.807) is 0 Å². The molecular formula is C12H16N2O3. The van der Waals surface area contributed by atoms with Crippen LogP contribution >= 0.6 is 0 Å². The summed E-state index contributed by atoms with van der Waals surface area (Å²) in [5.74, 6) is 1.04. The molecule has 1 aromatic rings. The average molecular weight is 236 g/mol. The van der Waals surface area contributed by atoms with Crippen molar-refractivity contribution >= 4 is 11.8 Å². The van der Waals surface area contributed by atoms with Crippen molar-refractivity contribution in [2.24, 2.45) is 0 Å². The number of anilines is 1. The summed E-state index contributed by atoms with van der Waals surface area (Å²) in [7, 11) is 1.86. The Morgan fingerprint density at radius 3 is 3.12 bits per heavy atom. The Bertz CT molecular complexity index is 420. The van der Waals surface area contributed by atoms with E-state index < -0.39 is 6.09 Å². The Morgan fingerprint density at radius 2 is 2.41 bits per heavy atom. The number of benzene rings is 1. The SMILES string of the molecule is CNc1ccc2c(c1)OCC[C@H]2CNC(=O)O. The predicted octanol–water partition coefficient (Wildman–Crippen LogP) is 1.86. The van der Waals surface area contributed by atoms with Gasteiger partial charge < -0.3 is 20.5 Å². The molecule has 0 saturated heterocycles. The van der Waals surface area contributed by atoms with Gasteiger partial charge in [-0.05, 0) is 18.1 Å². The Balaban J connectivity index is 2.16. The van der Waals surface area contributed by atoms with Gasteiger partial charge in [0.05, 0.1) is 6.61 Å². The normalized spacial score (nSPS) is 17.8. The smallest absolute Gasteiger partial charge is 0.404 e. The number of carboxylic acid groups (broad SMARTS) is 1. The molecule has 1 aromatic carbocycles. The van der Waals surface area contributed by atoms with Crippen LogP contribution in [-0.4, -0.2) is 31.4 Å². The summed E-state index contributed by atoms with van der Waals surface area (Å²) < 4.78 is 5.59. The first-order chi connectivity index (χ1) is 8.20. The summed E-state index contributed by atoms with van der Waals surface area (Å²) in [4.78, 5) is 10.5. The van der Waals surface area contributed by atoms with Crippen LogP contribution in [0.15, 0.2) is 18.2 Å². The summed E-state index contributed by atoms with van der Waals surface area (Å²) in [6, 6.07) is 5.91. The molecule has 1 aliphatic rings. The van der Waals surface area contributed by atoms with E-state index in [-0.39, 0.29) is 5.92 Å². The van der Waals surface area contributed by atoms with Gasteiger partial charge >= 0.3 is 6.09 Å². The number of ether oxygens (including phenoxy) is 1. The predicted molar refractivity (Wildman–Crippen MR) is 64.9 cm³/mol. The standard InChI is InChI=1S/C12H16N2O3/c1-13-9-2-3-10-8(7-14-12(15)16)4-5-17-11(10)6-9/h2-3,6,8,13-14H,4-5,7H2,1H3,(H,15,16)/t8-/m0/s1. The lowest BCUT2D eigenvalue weighted by Gasteiger charge is -2.26. The number of nitrogens with one attached hydrogen (secondary N) is 2. The van der Waals surface area contributed by atoms with Crippen LogP contribution < -0.4 is 15.4 Å².